The van der Waals surface area contributed by atoms with E-state index in [4.69, 9.17) is 0 Å². The maximum absolute atomic E-state index is 4.46. The Labute approximate surface area is 114 Å². The largest absolute Gasteiger partial charge is 0.380 e. The summed E-state index contributed by atoms with van der Waals surface area (Å²) in [4.78, 5) is 8.81. The van der Waals surface area contributed by atoms with Crippen molar-refractivity contribution in [2.75, 3.05) is 18.4 Å². The first kappa shape index (κ1) is 11.9. The first-order chi connectivity index (χ1) is 8.83. The summed E-state index contributed by atoms with van der Waals surface area (Å²) < 4.78 is 0.960. The lowest BCUT2D eigenvalue weighted by atomic mass is 10.1. The SMILES string of the molecule is Brc1cnc2c(NC3CCNCC3)ccnc2c1. The van der Waals surface area contributed by atoms with E-state index in [0.717, 1.165) is 47.1 Å². The van der Waals surface area contributed by atoms with Crippen LogP contribution in [0.15, 0.2) is 29.0 Å². The van der Waals surface area contributed by atoms with Crippen molar-refractivity contribution in [1.29, 1.82) is 0 Å². The molecule has 1 saturated heterocycles. The zero-order valence-corrected chi connectivity index (χ0v) is 11.6. The topological polar surface area (TPSA) is 49.8 Å². The van der Waals surface area contributed by atoms with Gasteiger partial charge in [-0.25, -0.2) is 0 Å². The molecule has 0 bridgehead atoms. The Morgan fingerprint density at radius 2 is 2.11 bits per heavy atom. The molecule has 4 nitrogen and oxygen atoms in total. The van der Waals surface area contributed by atoms with Crippen LogP contribution < -0.4 is 10.6 Å². The van der Waals surface area contributed by atoms with Gasteiger partial charge in [0.2, 0.25) is 0 Å². The van der Waals surface area contributed by atoms with E-state index in [1.165, 1.54) is 0 Å². The van der Waals surface area contributed by atoms with Gasteiger partial charge < -0.3 is 10.6 Å². The van der Waals surface area contributed by atoms with Crippen LogP contribution in [0.25, 0.3) is 11.0 Å². The Kier molecular flexibility index (Phi) is 3.43. The maximum atomic E-state index is 4.46. The van der Waals surface area contributed by atoms with Crippen LogP contribution in [0.5, 0.6) is 0 Å². The number of rotatable bonds is 2. The van der Waals surface area contributed by atoms with Gasteiger partial charge in [0.15, 0.2) is 0 Å². The van der Waals surface area contributed by atoms with Gasteiger partial charge in [0.05, 0.1) is 11.2 Å². The molecule has 18 heavy (non-hydrogen) atoms. The molecular weight excluding hydrogens is 292 g/mol. The fourth-order valence-corrected chi connectivity index (χ4v) is 2.63. The molecule has 1 aliphatic heterocycles. The summed E-state index contributed by atoms with van der Waals surface area (Å²) in [6.45, 7) is 2.17. The van der Waals surface area contributed by atoms with Gasteiger partial charge >= 0.3 is 0 Å². The van der Waals surface area contributed by atoms with E-state index in [1.54, 1.807) is 0 Å². The van der Waals surface area contributed by atoms with E-state index in [-0.39, 0.29) is 0 Å². The quantitative estimate of drug-likeness (QED) is 0.895. The Hall–Kier alpha value is -1.20. The van der Waals surface area contributed by atoms with Crippen molar-refractivity contribution in [3.8, 4) is 0 Å². The molecule has 0 radical (unpaired) electrons. The number of fused-ring (bicyclic) bond motifs is 1. The average Bonchev–Trinajstić information content (AvgIpc) is 2.40. The standard InChI is InChI=1S/C13H15BrN4/c14-9-7-12-13(17-8-9)11(3-6-16-12)18-10-1-4-15-5-2-10/h3,6-8,10,15H,1-2,4-5H2,(H,16,18). The van der Waals surface area contributed by atoms with Crippen LogP contribution in [0, 0.1) is 0 Å². The van der Waals surface area contributed by atoms with Gasteiger partial charge in [0, 0.05) is 22.9 Å². The molecule has 0 unspecified atom stereocenters. The molecule has 3 heterocycles. The van der Waals surface area contributed by atoms with Crippen molar-refractivity contribution in [3.05, 3.63) is 29.0 Å². The number of nitrogens with zero attached hydrogens (tertiary/aromatic N) is 2. The van der Waals surface area contributed by atoms with E-state index in [1.807, 2.05) is 24.5 Å². The summed E-state index contributed by atoms with van der Waals surface area (Å²) in [7, 11) is 0. The van der Waals surface area contributed by atoms with Gasteiger partial charge in [-0.2, -0.15) is 0 Å². The van der Waals surface area contributed by atoms with Crippen molar-refractivity contribution < 1.29 is 0 Å². The zero-order valence-electron chi connectivity index (χ0n) is 9.99. The van der Waals surface area contributed by atoms with Crippen molar-refractivity contribution >= 4 is 32.7 Å². The van der Waals surface area contributed by atoms with Crippen LogP contribution in [-0.4, -0.2) is 29.1 Å². The van der Waals surface area contributed by atoms with Gasteiger partial charge in [0.1, 0.15) is 5.52 Å². The van der Waals surface area contributed by atoms with Crippen LogP contribution in [0.4, 0.5) is 5.69 Å². The van der Waals surface area contributed by atoms with Gasteiger partial charge in [0.25, 0.3) is 0 Å². The summed E-state index contributed by atoms with van der Waals surface area (Å²) in [5.74, 6) is 0. The molecule has 0 aliphatic carbocycles. The van der Waals surface area contributed by atoms with Crippen molar-refractivity contribution in [2.45, 2.75) is 18.9 Å². The molecule has 2 aromatic rings. The highest BCUT2D eigenvalue weighted by atomic mass is 79.9. The molecule has 0 aromatic carbocycles. The smallest absolute Gasteiger partial charge is 0.112 e. The van der Waals surface area contributed by atoms with Crippen LogP contribution in [0.2, 0.25) is 0 Å². The summed E-state index contributed by atoms with van der Waals surface area (Å²) in [5.41, 5.74) is 2.95. The van der Waals surface area contributed by atoms with Crippen molar-refractivity contribution in [3.63, 3.8) is 0 Å². The summed E-state index contributed by atoms with van der Waals surface area (Å²) in [6, 6.07) is 4.53. The second-order valence-corrected chi connectivity index (χ2v) is 5.46. The third-order valence-corrected chi connectivity index (χ3v) is 3.68. The molecular formula is C13H15BrN4. The second-order valence-electron chi connectivity index (χ2n) is 4.55. The number of aromatic nitrogens is 2. The Morgan fingerprint density at radius 3 is 2.94 bits per heavy atom. The fraction of sp³-hybridized carbons (Fsp3) is 0.385. The minimum Gasteiger partial charge on any atom is -0.380 e. The Balaban J connectivity index is 1.91. The molecule has 2 aromatic heterocycles. The molecule has 1 aliphatic rings. The van der Waals surface area contributed by atoms with Gasteiger partial charge in [-0.15, -0.1) is 0 Å². The van der Waals surface area contributed by atoms with Gasteiger partial charge in [-0.1, -0.05) is 0 Å². The molecule has 0 spiro atoms. The zero-order chi connectivity index (χ0) is 12.4. The third-order valence-electron chi connectivity index (χ3n) is 3.24. The first-order valence-electron chi connectivity index (χ1n) is 6.20. The average molecular weight is 307 g/mol. The lowest BCUT2D eigenvalue weighted by Crippen LogP contribution is -2.35. The third kappa shape index (κ3) is 2.47. The molecule has 2 N–H and O–H groups in total. The molecule has 1 fully saturated rings. The van der Waals surface area contributed by atoms with E-state index < -0.39 is 0 Å². The number of halogens is 1. The van der Waals surface area contributed by atoms with Gasteiger partial charge in [-0.05, 0) is 54.0 Å². The maximum Gasteiger partial charge on any atom is 0.112 e. The minimum atomic E-state index is 0.530. The first-order valence-corrected chi connectivity index (χ1v) is 7.00. The Morgan fingerprint density at radius 1 is 1.28 bits per heavy atom. The molecule has 94 valence electrons. The van der Waals surface area contributed by atoms with Crippen LogP contribution in [0.1, 0.15) is 12.8 Å². The van der Waals surface area contributed by atoms with Crippen LogP contribution >= 0.6 is 15.9 Å². The second kappa shape index (κ2) is 5.20. The molecule has 5 heteroatoms. The lowest BCUT2D eigenvalue weighted by Gasteiger charge is -2.25. The normalized spacial score (nSPS) is 16.9. The fourth-order valence-electron chi connectivity index (χ4n) is 2.31. The van der Waals surface area contributed by atoms with E-state index in [0.29, 0.717) is 6.04 Å². The Bertz CT molecular complexity index is 552. The molecule has 0 atom stereocenters. The van der Waals surface area contributed by atoms with E-state index in [2.05, 4.69) is 36.5 Å². The number of piperidine rings is 1. The van der Waals surface area contributed by atoms with Gasteiger partial charge in [-0.3, -0.25) is 9.97 Å². The van der Waals surface area contributed by atoms with Crippen LogP contribution in [0.3, 0.4) is 0 Å². The van der Waals surface area contributed by atoms with E-state index in [9.17, 15) is 0 Å². The molecule has 0 amide bonds. The highest BCUT2D eigenvalue weighted by Crippen LogP contribution is 2.23. The van der Waals surface area contributed by atoms with Crippen LogP contribution in [-0.2, 0) is 0 Å². The van der Waals surface area contributed by atoms with Crippen molar-refractivity contribution in [2.24, 2.45) is 0 Å². The highest BCUT2D eigenvalue weighted by Gasteiger charge is 2.14. The van der Waals surface area contributed by atoms with Crippen molar-refractivity contribution in [1.82, 2.24) is 15.3 Å². The highest BCUT2D eigenvalue weighted by molar-refractivity contribution is 9.10. The number of hydrogen-bond acceptors (Lipinski definition) is 4. The minimum absolute atomic E-state index is 0.530. The summed E-state index contributed by atoms with van der Waals surface area (Å²) >= 11 is 3.42. The monoisotopic (exact) mass is 306 g/mol. The number of anilines is 1. The summed E-state index contributed by atoms with van der Waals surface area (Å²) in [6.07, 6.45) is 5.96. The predicted octanol–water partition coefficient (Wildman–Crippen LogP) is 2.56. The van der Waals surface area contributed by atoms with E-state index >= 15 is 0 Å². The predicted molar refractivity (Wildman–Crippen MR) is 76.8 cm³/mol. The number of nitrogens with one attached hydrogen (secondary N) is 2. The number of hydrogen-bond donors (Lipinski definition) is 2. The molecule has 3 rings (SSSR count). The summed E-state index contributed by atoms with van der Waals surface area (Å²) in [5, 5.41) is 6.96. The lowest BCUT2D eigenvalue weighted by molar-refractivity contribution is 0.479. The molecule has 0 saturated carbocycles. The number of pyridine rings is 2.